The predicted molar refractivity (Wildman–Crippen MR) is 68.7 cm³/mol. The zero-order chi connectivity index (χ0) is 11.4. The molecule has 0 aliphatic heterocycles. The zero-order valence-electron chi connectivity index (χ0n) is 8.48. The first kappa shape index (κ1) is 12.4. The number of nitrogens with zero attached hydrogens (tertiary/aromatic N) is 1. The highest BCUT2D eigenvalue weighted by molar-refractivity contribution is 14.1. The molecule has 15 heavy (non-hydrogen) atoms. The molecule has 0 aliphatic carbocycles. The fourth-order valence-electron chi connectivity index (χ4n) is 1.38. The van der Waals surface area contributed by atoms with Gasteiger partial charge in [-0.1, -0.05) is 6.92 Å². The summed E-state index contributed by atoms with van der Waals surface area (Å²) in [4.78, 5) is 14.9. The van der Waals surface area contributed by atoms with Gasteiger partial charge in [0, 0.05) is 28.8 Å². The minimum absolute atomic E-state index is 0.0125. The second kappa shape index (κ2) is 5.41. The van der Waals surface area contributed by atoms with Crippen LogP contribution in [0.25, 0.3) is 0 Å². The monoisotopic (exact) mass is 319 g/mol. The fourth-order valence-corrected chi connectivity index (χ4v) is 1.64. The van der Waals surface area contributed by atoms with E-state index in [1.807, 2.05) is 19.1 Å². The lowest BCUT2D eigenvalue weighted by Crippen LogP contribution is -2.28. The van der Waals surface area contributed by atoms with Crippen LogP contribution in [-0.2, 0) is 4.79 Å². The number of pyridine rings is 1. The molecule has 2 atom stereocenters. The minimum Gasteiger partial charge on any atom is -0.384 e. The van der Waals surface area contributed by atoms with Crippen LogP contribution in [0, 0.1) is 0 Å². The van der Waals surface area contributed by atoms with Crippen molar-refractivity contribution in [2.24, 2.45) is 5.73 Å². The summed E-state index contributed by atoms with van der Waals surface area (Å²) >= 11 is 1.73. The third kappa shape index (κ3) is 3.75. The molecule has 0 aliphatic rings. The summed E-state index contributed by atoms with van der Waals surface area (Å²) in [5.74, 6) is 0.706. The quantitative estimate of drug-likeness (QED) is 0.650. The molecule has 1 aromatic heterocycles. The number of anilines is 1. The normalized spacial score (nSPS) is 14.6. The van der Waals surface area contributed by atoms with E-state index in [1.54, 1.807) is 28.8 Å². The molecule has 1 heterocycles. The van der Waals surface area contributed by atoms with Gasteiger partial charge in [-0.2, -0.15) is 0 Å². The molecule has 1 aromatic rings. The molecule has 0 aromatic carbocycles. The highest BCUT2D eigenvalue weighted by atomic mass is 127. The average Bonchev–Trinajstić information content (AvgIpc) is 2.17. The van der Waals surface area contributed by atoms with Gasteiger partial charge in [0.15, 0.2) is 0 Å². The van der Waals surface area contributed by atoms with E-state index in [1.165, 1.54) is 0 Å². The molecular formula is C10H14IN3O. The van der Waals surface area contributed by atoms with Crippen molar-refractivity contribution in [1.82, 2.24) is 4.98 Å². The predicted octanol–water partition coefficient (Wildman–Crippen LogP) is 1.45. The highest BCUT2D eigenvalue weighted by Gasteiger charge is 2.15. The first-order valence-electron chi connectivity index (χ1n) is 4.67. The van der Waals surface area contributed by atoms with Crippen LogP contribution < -0.4 is 11.5 Å². The first-order valence-corrected chi connectivity index (χ1v) is 5.75. The average molecular weight is 319 g/mol. The third-order valence-electron chi connectivity index (χ3n) is 2.27. The Balaban J connectivity index is 2.68. The molecule has 1 rings (SSSR count). The third-order valence-corrected chi connectivity index (χ3v) is 3.07. The number of carbonyl (C=O) groups is 1. The van der Waals surface area contributed by atoms with Crippen molar-refractivity contribution in [2.75, 3.05) is 5.73 Å². The number of aromatic nitrogens is 1. The second-order valence-corrected chi connectivity index (χ2v) is 4.62. The molecule has 0 saturated carbocycles. The van der Waals surface area contributed by atoms with Crippen molar-refractivity contribution < 1.29 is 4.79 Å². The van der Waals surface area contributed by atoms with E-state index in [0.717, 1.165) is 5.56 Å². The van der Waals surface area contributed by atoms with Gasteiger partial charge in [-0.05, 0) is 30.0 Å². The summed E-state index contributed by atoms with van der Waals surface area (Å²) < 4.78 is -0.0125. The van der Waals surface area contributed by atoms with Crippen LogP contribution in [0.3, 0.4) is 0 Å². The summed E-state index contributed by atoms with van der Waals surface area (Å²) in [6.45, 7) is 2.02. The largest absolute Gasteiger partial charge is 0.384 e. The summed E-state index contributed by atoms with van der Waals surface area (Å²) in [7, 11) is 0. The zero-order valence-corrected chi connectivity index (χ0v) is 10.6. The summed E-state index contributed by atoms with van der Waals surface area (Å²) in [5.41, 5.74) is 12.3. The fraction of sp³-hybridized carbons (Fsp3) is 0.400. The van der Waals surface area contributed by atoms with Gasteiger partial charge in [-0.3, -0.25) is 4.79 Å². The van der Waals surface area contributed by atoms with Gasteiger partial charge >= 0.3 is 0 Å². The number of hydrogen-bond acceptors (Lipinski definition) is 4. The maximum absolute atomic E-state index is 11.0. The van der Waals surface area contributed by atoms with Crippen molar-refractivity contribution in [3.8, 4) is 0 Å². The Morgan fingerprint density at radius 1 is 1.67 bits per heavy atom. The Bertz CT molecular complexity index is 356. The molecule has 1 unspecified atom stereocenters. The van der Waals surface area contributed by atoms with Crippen LogP contribution in [0.2, 0.25) is 0 Å². The molecule has 0 spiro atoms. The molecule has 0 radical (unpaired) electrons. The Labute approximate surface area is 103 Å². The smallest absolute Gasteiger partial charge is 0.208 e. The first-order chi connectivity index (χ1) is 7.00. The van der Waals surface area contributed by atoms with Gasteiger partial charge in [0.25, 0.3) is 0 Å². The van der Waals surface area contributed by atoms with Gasteiger partial charge in [-0.25, -0.2) is 4.98 Å². The minimum atomic E-state index is -0.407. The van der Waals surface area contributed by atoms with E-state index < -0.39 is 6.04 Å². The molecule has 0 amide bonds. The maximum atomic E-state index is 11.0. The number of hydrogen-bond donors (Lipinski definition) is 2. The van der Waals surface area contributed by atoms with E-state index in [0.29, 0.717) is 12.2 Å². The lowest BCUT2D eigenvalue weighted by atomic mass is 9.95. The molecular weight excluding hydrogens is 305 g/mol. The molecule has 5 heteroatoms. The Morgan fingerprint density at radius 3 is 2.87 bits per heavy atom. The number of carbonyl (C=O) groups excluding carboxylic acids is 1. The molecule has 0 bridgehead atoms. The topological polar surface area (TPSA) is 82.0 Å². The van der Waals surface area contributed by atoms with Crippen LogP contribution in [0.1, 0.15) is 24.8 Å². The van der Waals surface area contributed by atoms with Gasteiger partial charge in [0.2, 0.25) is 3.79 Å². The molecule has 4 nitrogen and oxygen atoms in total. The standard InChI is InChI=1S/C10H14IN3O/c1-6(4-8(12)10(11)15)7-2-3-14-9(13)5-7/h2-3,5-6,8H,4,12H2,1H3,(H2,13,14)/t6?,8-/m0/s1. The molecule has 82 valence electrons. The van der Waals surface area contributed by atoms with Crippen molar-refractivity contribution in [1.29, 1.82) is 0 Å². The van der Waals surface area contributed by atoms with E-state index in [4.69, 9.17) is 11.5 Å². The summed E-state index contributed by atoms with van der Waals surface area (Å²) in [6.07, 6.45) is 2.30. The second-order valence-electron chi connectivity index (χ2n) is 3.56. The van der Waals surface area contributed by atoms with E-state index in [2.05, 4.69) is 4.98 Å². The van der Waals surface area contributed by atoms with Gasteiger partial charge in [0.1, 0.15) is 5.82 Å². The maximum Gasteiger partial charge on any atom is 0.208 e. The van der Waals surface area contributed by atoms with Crippen LogP contribution >= 0.6 is 22.6 Å². The van der Waals surface area contributed by atoms with Gasteiger partial charge < -0.3 is 11.5 Å². The van der Waals surface area contributed by atoms with Crippen LogP contribution in [0.5, 0.6) is 0 Å². The van der Waals surface area contributed by atoms with E-state index >= 15 is 0 Å². The van der Waals surface area contributed by atoms with Crippen LogP contribution in [0.4, 0.5) is 5.82 Å². The SMILES string of the molecule is CC(C[C@H](N)C(=O)I)c1ccnc(N)c1. The van der Waals surface area contributed by atoms with E-state index in [9.17, 15) is 4.79 Å². The highest BCUT2D eigenvalue weighted by Crippen LogP contribution is 2.21. The summed E-state index contributed by atoms with van der Waals surface area (Å²) in [5, 5.41) is 0. The number of nitrogen functional groups attached to an aromatic ring is 1. The van der Waals surface area contributed by atoms with Crippen LogP contribution in [0.15, 0.2) is 18.3 Å². The van der Waals surface area contributed by atoms with Crippen molar-refractivity contribution >= 4 is 32.2 Å². The van der Waals surface area contributed by atoms with E-state index in [-0.39, 0.29) is 9.71 Å². The summed E-state index contributed by atoms with van der Waals surface area (Å²) in [6, 6.07) is 3.30. The van der Waals surface area contributed by atoms with Crippen LogP contribution in [-0.4, -0.2) is 14.8 Å². The van der Waals surface area contributed by atoms with Crippen molar-refractivity contribution in [2.45, 2.75) is 25.3 Å². The van der Waals surface area contributed by atoms with Crippen molar-refractivity contribution in [3.63, 3.8) is 0 Å². The lowest BCUT2D eigenvalue weighted by Gasteiger charge is -2.14. The Morgan fingerprint density at radius 2 is 2.33 bits per heavy atom. The Hall–Kier alpha value is -0.690. The van der Waals surface area contributed by atoms with Gasteiger partial charge in [-0.15, -0.1) is 0 Å². The molecule has 0 saturated heterocycles. The number of halogens is 1. The number of rotatable bonds is 4. The molecule has 4 N–H and O–H groups in total. The van der Waals surface area contributed by atoms with Gasteiger partial charge in [0.05, 0.1) is 6.04 Å². The Kier molecular flexibility index (Phi) is 4.46. The molecule has 0 fully saturated rings. The lowest BCUT2D eigenvalue weighted by molar-refractivity contribution is -0.110. The van der Waals surface area contributed by atoms with Crippen molar-refractivity contribution in [3.05, 3.63) is 23.9 Å². The number of nitrogens with two attached hydrogens (primary N) is 2.